The van der Waals surface area contributed by atoms with Crippen LogP contribution in [0.2, 0.25) is 0 Å². The first kappa shape index (κ1) is 21.6. The van der Waals surface area contributed by atoms with Gasteiger partial charge in [0.25, 0.3) is 15.9 Å². The molecule has 0 aliphatic carbocycles. The Balaban J connectivity index is 1.87. The van der Waals surface area contributed by atoms with Gasteiger partial charge in [-0.1, -0.05) is 18.2 Å². The molecule has 1 amide bonds. The summed E-state index contributed by atoms with van der Waals surface area (Å²) in [6, 6.07) is 9.61. The molecule has 0 atom stereocenters. The first-order chi connectivity index (χ1) is 14.2. The molecule has 3 N–H and O–H groups in total. The monoisotopic (exact) mass is 447 g/mol. The first-order valence-electron chi connectivity index (χ1n) is 9.07. The van der Waals surface area contributed by atoms with Gasteiger partial charge < -0.3 is 15.0 Å². The van der Waals surface area contributed by atoms with Crippen LogP contribution in [0.3, 0.4) is 0 Å². The average molecular weight is 448 g/mol. The number of sulfonamides is 1. The number of carbonyl (C=O) groups excluding carboxylic acids is 2. The average Bonchev–Trinajstić information content (AvgIpc) is 3.32. The summed E-state index contributed by atoms with van der Waals surface area (Å²) in [6.45, 7) is 5.26. The molecule has 0 aliphatic heterocycles. The summed E-state index contributed by atoms with van der Waals surface area (Å²) in [5.41, 5.74) is 2.00. The second-order valence-corrected chi connectivity index (χ2v) is 9.24. The number of aromatic nitrogens is 1. The topological polar surface area (TPSA) is 117 Å². The predicted octanol–water partition coefficient (Wildman–Crippen LogP) is 3.92. The highest BCUT2D eigenvalue weighted by atomic mass is 32.2. The van der Waals surface area contributed by atoms with Crippen LogP contribution in [0.1, 0.15) is 39.0 Å². The highest BCUT2D eigenvalue weighted by molar-refractivity contribution is 7.94. The zero-order valence-corrected chi connectivity index (χ0v) is 18.2. The zero-order chi connectivity index (χ0) is 21.9. The number of ether oxygens (including phenoxy) is 1. The Bertz CT molecular complexity index is 1180. The number of aromatic amines is 1. The highest BCUT2D eigenvalue weighted by Gasteiger charge is 2.24. The quantitative estimate of drug-likeness (QED) is 0.475. The van der Waals surface area contributed by atoms with E-state index in [4.69, 9.17) is 4.74 Å². The van der Waals surface area contributed by atoms with Gasteiger partial charge in [-0.05, 0) is 49.9 Å². The lowest BCUT2D eigenvalue weighted by molar-refractivity contribution is 0.0525. The molecule has 0 spiro atoms. The summed E-state index contributed by atoms with van der Waals surface area (Å²) in [7, 11) is -3.77. The van der Waals surface area contributed by atoms with Gasteiger partial charge in [0, 0.05) is 5.69 Å². The lowest BCUT2D eigenvalue weighted by atomic mass is 10.1. The predicted molar refractivity (Wildman–Crippen MR) is 116 cm³/mol. The van der Waals surface area contributed by atoms with Crippen LogP contribution in [0.15, 0.2) is 46.0 Å². The van der Waals surface area contributed by atoms with Gasteiger partial charge in [0.1, 0.15) is 9.90 Å². The van der Waals surface area contributed by atoms with Crippen LogP contribution >= 0.6 is 11.3 Å². The summed E-state index contributed by atoms with van der Waals surface area (Å²) in [5, 5.41) is 4.37. The molecule has 3 aromatic rings. The van der Waals surface area contributed by atoms with E-state index in [1.54, 1.807) is 56.5 Å². The summed E-state index contributed by atoms with van der Waals surface area (Å²) < 4.78 is 32.8. The van der Waals surface area contributed by atoms with Crippen LogP contribution in [-0.4, -0.2) is 31.9 Å². The lowest BCUT2D eigenvalue weighted by Gasteiger charge is -2.13. The third-order valence-corrected chi connectivity index (χ3v) is 7.09. The molecule has 1 aromatic carbocycles. The van der Waals surface area contributed by atoms with Crippen LogP contribution < -0.4 is 10.0 Å². The molecule has 0 fully saturated rings. The third kappa shape index (κ3) is 4.39. The fourth-order valence-corrected chi connectivity index (χ4v) is 5.04. The van der Waals surface area contributed by atoms with Gasteiger partial charge in [-0.25, -0.2) is 13.2 Å². The van der Waals surface area contributed by atoms with Crippen LogP contribution in [0.25, 0.3) is 0 Å². The molecule has 158 valence electrons. The summed E-state index contributed by atoms with van der Waals surface area (Å²) in [5.74, 6) is -1.01. The van der Waals surface area contributed by atoms with E-state index in [-0.39, 0.29) is 27.9 Å². The molecule has 10 heteroatoms. The molecule has 0 saturated heterocycles. The number of H-pyrrole nitrogens is 1. The van der Waals surface area contributed by atoms with E-state index in [0.29, 0.717) is 16.8 Å². The van der Waals surface area contributed by atoms with Crippen molar-refractivity contribution in [2.24, 2.45) is 0 Å². The van der Waals surface area contributed by atoms with Crippen LogP contribution in [0, 0.1) is 13.8 Å². The Morgan fingerprint density at radius 2 is 1.80 bits per heavy atom. The number of thiophene rings is 1. The molecule has 3 rings (SSSR count). The van der Waals surface area contributed by atoms with E-state index in [1.807, 2.05) is 0 Å². The number of esters is 1. The summed E-state index contributed by atoms with van der Waals surface area (Å²) in [6.07, 6.45) is 0. The number of rotatable bonds is 7. The van der Waals surface area contributed by atoms with Crippen molar-refractivity contribution in [3.05, 3.63) is 64.3 Å². The highest BCUT2D eigenvalue weighted by Crippen LogP contribution is 2.27. The normalized spacial score (nSPS) is 11.2. The molecule has 2 aromatic heterocycles. The van der Waals surface area contributed by atoms with Crippen LogP contribution in [-0.2, 0) is 14.8 Å². The van der Waals surface area contributed by atoms with Crippen molar-refractivity contribution in [2.45, 2.75) is 25.0 Å². The fourth-order valence-electron chi connectivity index (χ4n) is 2.96. The standard InChI is InChI=1S/C20H21N3O5S2/c1-4-28-20(25)17-12(2)18(21-13(17)3)19(24)22-14-8-5-6-9-15(14)23-30(26,27)16-10-7-11-29-16/h5-11,21,23H,4H2,1-3H3,(H,22,24). The van der Waals surface area contributed by atoms with Gasteiger partial charge >= 0.3 is 5.97 Å². The van der Waals surface area contributed by atoms with Gasteiger partial charge in [0.2, 0.25) is 0 Å². The third-order valence-electron chi connectivity index (χ3n) is 4.32. The number of nitrogens with one attached hydrogen (secondary N) is 3. The lowest BCUT2D eigenvalue weighted by Crippen LogP contribution is -2.17. The summed E-state index contributed by atoms with van der Waals surface area (Å²) >= 11 is 1.09. The second kappa shape index (κ2) is 8.72. The van der Waals surface area contributed by atoms with Crippen molar-refractivity contribution in [2.75, 3.05) is 16.6 Å². The molecular formula is C20H21N3O5S2. The number of carbonyl (C=O) groups is 2. The minimum absolute atomic E-state index is 0.165. The van der Waals surface area contributed by atoms with Crippen LogP contribution in [0.5, 0.6) is 0 Å². The molecule has 30 heavy (non-hydrogen) atoms. The zero-order valence-electron chi connectivity index (χ0n) is 16.6. The van der Waals surface area contributed by atoms with Crippen LogP contribution in [0.4, 0.5) is 11.4 Å². The van der Waals surface area contributed by atoms with Crippen molar-refractivity contribution in [3.8, 4) is 0 Å². The first-order valence-corrected chi connectivity index (χ1v) is 11.4. The maximum absolute atomic E-state index is 12.9. The van der Waals surface area contributed by atoms with Crippen molar-refractivity contribution < 1.29 is 22.7 Å². The van der Waals surface area contributed by atoms with Gasteiger partial charge in [0.15, 0.2) is 0 Å². The molecule has 8 nitrogen and oxygen atoms in total. The van der Waals surface area contributed by atoms with Crippen molar-refractivity contribution in [1.29, 1.82) is 0 Å². The summed E-state index contributed by atoms with van der Waals surface area (Å²) in [4.78, 5) is 27.9. The van der Waals surface area contributed by atoms with Gasteiger partial charge in [-0.3, -0.25) is 9.52 Å². The second-order valence-electron chi connectivity index (χ2n) is 6.38. The van der Waals surface area contributed by atoms with Gasteiger partial charge in [-0.2, -0.15) is 0 Å². The van der Waals surface area contributed by atoms with Gasteiger partial charge in [-0.15, -0.1) is 11.3 Å². The van der Waals surface area contributed by atoms with E-state index in [2.05, 4.69) is 15.0 Å². The maximum Gasteiger partial charge on any atom is 0.340 e. The van der Waals surface area contributed by atoms with Crippen molar-refractivity contribution >= 4 is 44.6 Å². The van der Waals surface area contributed by atoms with E-state index < -0.39 is 21.9 Å². The Kier molecular flexibility index (Phi) is 6.28. The number of amides is 1. The number of para-hydroxylation sites is 2. The fraction of sp³-hybridized carbons (Fsp3) is 0.200. The van der Waals surface area contributed by atoms with E-state index in [0.717, 1.165) is 11.3 Å². The van der Waals surface area contributed by atoms with Crippen molar-refractivity contribution in [1.82, 2.24) is 4.98 Å². The van der Waals surface area contributed by atoms with E-state index in [9.17, 15) is 18.0 Å². The van der Waals surface area contributed by atoms with Crippen molar-refractivity contribution in [3.63, 3.8) is 0 Å². The van der Waals surface area contributed by atoms with E-state index >= 15 is 0 Å². The molecule has 0 aliphatic rings. The number of hydrogen-bond acceptors (Lipinski definition) is 6. The Morgan fingerprint density at radius 1 is 1.10 bits per heavy atom. The molecule has 0 bridgehead atoms. The molecule has 0 radical (unpaired) electrons. The largest absolute Gasteiger partial charge is 0.462 e. The van der Waals surface area contributed by atoms with Gasteiger partial charge in [0.05, 0.1) is 23.5 Å². The minimum atomic E-state index is -3.77. The molecule has 0 unspecified atom stereocenters. The molecular weight excluding hydrogens is 426 g/mol. The Hall–Kier alpha value is -3.11. The Labute approximate surface area is 178 Å². The number of benzene rings is 1. The Morgan fingerprint density at radius 3 is 2.43 bits per heavy atom. The number of hydrogen-bond donors (Lipinski definition) is 3. The maximum atomic E-state index is 12.9. The minimum Gasteiger partial charge on any atom is -0.462 e. The number of aryl methyl sites for hydroxylation is 1. The SMILES string of the molecule is CCOC(=O)c1c(C)[nH]c(C(=O)Nc2ccccc2NS(=O)(=O)c2cccs2)c1C. The number of anilines is 2. The molecule has 0 saturated carbocycles. The van der Waals surface area contributed by atoms with E-state index in [1.165, 1.54) is 6.07 Å². The molecule has 2 heterocycles. The smallest absolute Gasteiger partial charge is 0.340 e.